The SMILES string of the molecule is O=C(Nc1cccc2c1CCCC2)C1CC12CCNCC2. The summed E-state index contributed by atoms with van der Waals surface area (Å²) in [5.41, 5.74) is 4.22. The molecule has 1 aromatic rings. The number of carbonyl (C=O) groups is 1. The molecule has 3 heteroatoms. The molecule has 0 radical (unpaired) electrons. The summed E-state index contributed by atoms with van der Waals surface area (Å²) in [6, 6.07) is 6.39. The number of fused-ring (bicyclic) bond motifs is 1. The van der Waals surface area contributed by atoms with Crippen molar-refractivity contribution in [2.45, 2.75) is 44.9 Å². The molecule has 4 rings (SSSR count). The molecular weight excluding hydrogens is 260 g/mol. The van der Waals surface area contributed by atoms with E-state index >= 15 is 0 Å². The molecule has 1 heterocycles. The number of nitrogens with one attached hydrogen (secondary N) is 2. The second kappa shape index (κ2) is 5.13. The van der Waals surface area contributed by atoms with Gasteiger partial charge in [0.25, 0.3) is 0 Å². The smallest absolute Gasteiger partial charge is 0.228 e. The lowest BCUT2D eigenvalue weighted by Gasteiger charge is -2.24. The number of rotatable bonds is 2. The van der Waals surface area contributed by atoms with E-state index in [0.29, 0.717) is 5.41 Å². The van der Waals surface area contributed by atoms with Crippen molar-refractivity contribution in [2.75, 3.05) is 18.4 Å². The fourth-order valence-corrected chi connectivity index (χ4v) is 4.31. The van der Waals surface area contributed by atoms with E-state index in [4.69, 9.17) is 0 Å². The number of hydrogen-bond donors (Lipinski definition) is 2. The maximum atomic E-state index is 12.6. The van der Waals surface area contributed by atoms with E-state index in [1.165, 1.54) is 24.0 Å². The molecule has 1 saturated heterocycles. The topological polar surface area (TPSA) is 41.1 Å². The maximum absolute atomic E-state index is 12.6. The second-order valence-electron chi connectivity index (χ2n) is 7.01. The summed E-state index contributed by atoms with van der Waals surface area (Å²) in [5, 5.41) is 6.64. The maximum Gasteiger partial charge on any atom is 0.228 e. The lowest BCUT2D eigenvalue weighted by Crippen LogP contribution is -2.31. The Morgan fingerprint density at radius 1 is 1.19 bits per heavy atom. The monoisotopic (exact) mass is 284 g/mol. The first-order valence-corrected chi connectivity index (χ1v) is 8.41. The Kier molecular flexibility index (Phi) is 3.26. The number of aryl methyl sites for hydroxylation is 1. The molecule has 0 aromatic heterocycles. The zero-order valence-corrected chi connectivity index (χ0v) is 12.6. The quantitative estimate of drug-likeness (QED) is 0.877. The Morgan fingerprint density at radius 3 is 2.86 bits per heavy atom. The molecule has 1 atom stereocenters. The van der Waals surface area contributed by atoms with Gasteiger partial charge in [-0.2, -0.15) is 0 Å². The van der Waals surface area contributed by atoms with Crippen molar-refractivity contribution in [2.24, 2.45) is 11.3 Å². The van der Waals surface area contributed by atoms with Gasteiger partial charge in [-0.3, -0.25) is 4.79 Å². The van der Waals surface area contributed by atoms with E-state index in [9.17, 15) is 4.79 Å². The predicted octanol–water partition coefficient (Wildman–Crippen LogP) is 2.89. The Bertz CT molecular complexity index is 560. The summed E-state index contributed by atoms with van der Waals surface area (Å²) in [4.78, 5) is 12.6. The molecule has 2 N–H and O–H groups in total. The van der Waals surface area contributed by atoms with Gasteiger partial charge in [-0.05, 0) is 80.6 Å². The van der Waals surface area contributed by atoms with E-state index in [-0.39, 0.29) is 11.8 Å². The molecule has 21 heavy (non-hydrogen) atoms. The molecule has 112 valence electrons. The van der Waals surface area contributed by atoms with Crippen LogP contribution in [0.4, 0.5) is 5.69 Å². The van der Waals surface area contributed by atoms with Gasteiger partial charge in [0.15, 0.2) is 0 Å². The fraction of sp³-hybridized carbons (Fsp3) is 0.611. The second-order valence-corrected chi connectivity index (χ2v) is 7.01. The highest BCUT2D eigenvalue weighted by Gasteiger charge is 2.57. The standard InChI is InChI=1S/C18H24N2O/c21-17(15-12-18(15)8-10-19-11-9-18)20-16-7-3-5-13-4-1-2-6-14(13)16/h3,5,7,15,19H,1-2,4,6,8-12H2,(H,20,21). The molecule has 2 aliphatic carbocycles. The minimum absolute atomic E-state index is 0.249. The summed E-state index contributed by atoms with van der Waals surface area (Å²) < 4.78 is 0. The average Bonchev–Trinajstić information content (AvgIpc) is 3.22. The first-order chi connectivity index (χ1) is 10.3. The van der Waals surface area contributed by atoms with Gasteiger partial charge in [0.05, 0.1) is 0 Å². The van der Waals surface area contributed by atoms with Gasteiger partial charge < -0.3 is 10.6 Å². The van der Waals surface area contributed by atoms with Gasteiger partial charge >= 0.3 is 0 Å². The average molecular weight is 284 g/mol. The number of piperidine rings is 1. The lowest BCUT2D eigenvalue weighted by atomic mass is 9.90. The minimum atomic E-state index is 0.249. The lowest BCUT2D eigenvalue weighted by molar-refractivity contribution is -0.118. The highest BCUT2D eigenvalue weighted by atomic mass is 16.2. The van der Waals surface area contributed by atoms with E-state index in [2.05, 4.69) is 28.8 Å². The first kappa shape index (κ1) is 13.3. The number of benzene rings is 1. The summed E-state index contributed by atoms with van der Waals surface area (Å²) in [7, 11) is 0. The summed E-state index contributed by atoms with van der Waals surface area (Å²) >= 11 is 0. The summed E-state index contributed by atoms with van der Waals surface area (Å²) in [6.07, 6.45) is 8.23. The van der Waals surface area contributed by atoms with E-state index in [0.717, 1.165) is 50.9 Å². The van der Waals surface area contributed by atoms with Crippen molar-refractivity contribution in [3.8, 4) is 0 Å². The van der Waals surface area contributed by atoms with Crippen LogP contribution in [-0.2, 0) is 17.6 Å². The van der Waals surface area contributed by atoms with Crippen molar-refractivity contribution in [3.63, 3.8) is 0 Å². The molecule has 2 fully saturated rings. The van der Waals surface area contributed by atoms with Gasteiger partial charge in [-0.15, -0.1) is 0 Å². The predicted molar refractivity (Wildman–Crippen MR) is 84.4 cm³/mol. The Morgan fingerprint density at radius 2 is 2.00 bits per heavy atom. The molecule has 1 spiro atoms. The third-order valence-electron chi connectivity index (χ3n) is 5.76. The minimum Gasteiger partial charge on any atom is -0.326 e. The number of hydrogen-bond acceptors (Lipinski definition) is 2. The first-order valence-electron chi connectivity index (χ1n) is 8.41. The molecule has 0 bridgehead atoms. The number of anilines is 1. The van der Waals surface area contributed by atoms with Crippen molar-refractivity contribution in [1.29, 1.82) is 0 Å². The van der Waals surface area contributed by atoms with E-state index in [1.807, 2.05) is 0 Å². The largest absolute Gasteiger partial charge is 0.326 e. The van der Waals surface area contributed by atoms with Crippen LogP contribution in [0, 0.1) is 11.3 Å². The third kappa shape index (κ3) is 2.38. The van der Waals surface area contributed by atoms with Gasteiger partial charge in [-0.1, -0.05) is 12.1 Å². The van der Waals surface area contributed by atoms with Gasteiger partial charge in [0.1, 0.15) is 0 Å². The van der Waals surface area contributed by atoms with Gasteiger partial charge in [0.2, 0.25) is 5.91 Å². The fourth-order valence-electron chi connectivity index (χ4n) is 4.31. The van der Waals surface area contributed by atoms with Gasteiger partial charge in [0, 0.05) is 11.6 Å². The molecular formula is C18H24N2O. The van der Waals surface area contributed by atoms with Crippen LogP contribution < -0.4 is 10.6 Å². The molecule has 1 aromatic carbocycles. The molecule has 1 aliphatic heterocycles. The van der Waals surface area contributed by atoms with Crippen LogP contribution in [0.25, 0.3) is 0 Å². The van der Waals surface area contributed by atoms with Gasteiger partial charge in [-0.25, -0.2) is 0 Å². The zero-order chi connectivity index (χ0) is 14.3. The Balaban J connectivity index is 1.48. The van der Waals surface area contributed by atoms with Crippen LogP contribution in [0.2, 0.25) is 0 Å². The molecule has 1 saturated carbocycles. The molecule has 1 unspecified atom stereocenters. The van der Waals surface area contributed by atoms with Crippen LogP contribution in [-0.4, -0.2) is 19.0 Å². The van der Waals surface area contributed by atoms with Crippen molar-refractivity contribution in [3.05, 3.63) is 29.3 Å². The van der Waals surface area contributed by atoms with Crippen molar-refractivity contribution >= 4 is 11.6 Å². The van der Waals surface area contributed by atoms with E-state index < -0.39 is 0 Å². The highest BCUT2D eigenvalue weighted by molar-refractivity contribution is 5.96. The summed E-state index contributed by atoms with van der Waals surface area (Å²) in [5.74, 6) is 0.509. The van der Waals surface area contributed by atoms with Crippen LogP contribution in [0.15, 0.2) is 18.2 Å². The van der Waals surface area contributed by atoms with Crippen molar-refractivity contribution < 1.29 is 4.79 Å². The molecule has 3 nitrogen and oxygen atoms in total. The Hall–Kier alpha value is -1.35. The van der Waals surface area contributed by atoms with Crippen LogP contribution >= 0.6 is 0 Å². The van der Waals surface area contributed by atoms with E-state index in [1.54, 1.807) is 0 Å². The zero-order valence-electron chi connectivity index (χ0n) is 12.6. The summed E-state index contributed by atoms with van der Waals surface area (Å²) in [6.45, 7) is 2.15. The third-order valence-corrected chi connectivity index (χ3v) is 5.76. The number of carbonyl (C=O) groups excluding carboxylic acids is 1. The van der Waals surface area contributed by atoms with Crippen molar-refractivity contribution in [1.82, 2.24) is 5.32 Å². The molecule has 3 aliphatic rings. The normalized spacial score (nSPS) is 26.2. The van der Waals surface area contributed by atoms with Crippen LogP contribution in [0.3, 0.4) is 0 Å². The van der Waals surface area contributed by atoms with Crippen LogP contribution in [0.5, 0.6) is 0 Å². The Labute approximate surface area is 126 Å². The molecule has 1 amide bonds. The number of amides is 1. The highest BCUT2D eigenvalue weighted by Crippen LogP contribution is 2.58. The van der Waals surface area contributed by atoms with Crippen LogP contribution in [0.1, 0.15) is 43.2 Å².